The first-order valence-electron chi connectivity index (χ1n) is 3.76. The first kappa shape index (κ1) is 11.3. The Morgan fingerprint density at radius 1 is 1.50 bits per heavy atom. The van der Waals surface area contributed by atoms with E-state index < -0.39 is 0 Å². The molecule has 0 bridgehead atoms. The molecule has 12 heavy (non-hydrogen) atoms. The van der Waals surface area contributed by atoms with Crippen LogP contribution in [0.2, 0.25) is 0 Å². The van der Waals surface area contributed by atoms with Gasteiger partial charge >= 0.3 is 0 Å². The molecule has 1 heterocycles. The summed E-state index contributed by atoms with van der Waals surface area (Å²) in [4.78, 5) is 8.26. The quantitative estimate of drug-likeness (QED) is 0.763. The van der Waals surface area contributed by atoms with Crippen LogP contribution in [0.5, 0.6) is 0 Å². The summed E-state index contributed by atoms with van der Waals surface area (Å²) in [6.45, 7) is 4.62. The molecule has 0 spiro atoms. The van der Waals surface area contributed by atoms with Crippen molar-refractivity contribution in [1.82, 2.24) is 9.97 Å². The van der Waals surface area contributed by atoms with E-state index in [-0.39, 0.29) is 12.4 Å². The molecule has 0 unspecified atom stereocenters. The highest BCUT2D eigenvalue weighted by Gasteiger charge is 2.00. The molecule has 0 aromatic carbocycles. The zero-order chi connectivity index (χ0) is 8.27. The van der Waals surface area contributed by atoms with Gasteiger partial charge < -0.3 is 5.73 Å². The minimum Gasteiger partial charge on any atom is -0.324 e. The third-order valence-electron chi connectivity index (χ3n) is 1.50. The lowest BCUT2D eigenvalue weighted by Gasteiger charge is -2.03. The van der Waals surface area contributed by atoms with E-state index in [4.69, 9.17) is 5.73 Å². The summed E-state index contributed by atoms with van der Waals surface area (Å²) in [7, 11) is 0. The second kappa shape index (κ2) is 5.06. The second-order valence-corrected chi connectivity index (χ2v) is 2.76. The van der Waals surface area contributed by atoms with Crippen LogP contribution in [0, 0.1) is 0 Å². The predicted octanol–water partition coefficient (Wildman–Crippen LogP) is 1.48. The van der Waals surface area contributed by atoms with Crippen LogP contribution in [0.25, 0.3) is 0 Å². The summed E-state index contributed by atoms with van der Waals surface area (Å²) in [6, 6.07) is 1.92. The molecule has 1 rings (SSSR count). The van der Waals surface area contributed by atoms with E-state index in [1.165, 1.54) is 0 Å². The van der Waals surface area contributed by atoms with Crippen LogP contribution < -0.4 is 5.73 Å². The summed E-state index contributed by atoms with van der Waals surface area (Å²) >= 11 is 0. The molecule has 1 aromatic rings. The molecule has 0 radical (unpaired) electrons. The van der Waals surface area contributed by atoms with E-state index in [1.807, 2.05) is 6.07 Å². The van der Waals surface area contributed by atoms with E-state index >= 15 is 0 Å². The van der Waals surface area contributed by atoms with Gasteiger partial charge in [0.25, 0.3) is 0 Å². The topological polar surface area (TPSA) is 51.8 Å². The van der Waals surface area contributed by atoms with Crippen molar-refractivity contribution >= 4 is 12.4 Å². The molecule has 0 aliphatic heterocycles. The van der Waals surface area contributed by atoms with E-state index in [0.717, 1.165) is 11.5 Å². The van der Waals surface area contributed by atoms with Crippen molar-refractivity contribution < 1.29 is 0 Å². The molecule has 0 saturated heterocycles. The zero-order valence-corrected chi connectivity index (χ0v) is 8.14. The Morgan fingerprint density at radius 2 is 2.17 bits per heavy atom. The van der Waals surface area contributed by atoms with Gasteiger partial charge in [0, 0.05) is 11.9 Å². The SMILES string of the molecule is CC(C)c1ccnc(CN)n1.Cl. The van der Waals surface area contributed by atoms with Crippen LogP contribution >= 0.6 is 12.4 Å². The number of nitrogens with zero attached hydrogens (tertiary/aromatic N) is 2. The van der Waals surface area contributed by atoms with Gasteiger partial charge in [-0.15, -0.1) is 12.4 Å². The lowest BCUT2D eigenvalue weighted by Crippen LogP contribution is -2.05. The van der Waals surface area contributed by atoms with Crippen LogP contribution in [0.3, 0.4) is 0 Å². The fourth-order valence-electron chi connectivity index (χ4n) is 0.835. The molecule has 1 aromatic heterocycles. The fourth-order valence-corrected chi connectivity index (χ4v) is 0.835. The van der Waals surface area contributed by atoms with Crippen LogP contribution in [-0.4, -0.2) is 9.97 Å². The smallest absolute Gasteiger partial charge is 0.142 e. The minimum atomic E-state index is 0. The van der Waals surface area contributed by atoms with Gasteiger partial charge in [-0.1, -0.05) is 13.8 Å². The Bertz CT molecular complexity index is 237. The molecule has 0 saturated carbocycles. The van der Waals surface area contributed by atoms with Crippen LogP contribution in [0.4, 0.5) is 0 Å². The Kier molecular flexibility index (Phi) is 4.78. The molecule has 0 amide bonds. The third kappa shape index (κ3) is 2.75. The van der Waals surface area contributed by atoms with Gasteiger partial charge in [-0.3, -0.25) is 0 Å². The Balaban J connectivity index is 0.00000121. The standard InChI is InChI=1S/C8H13N3.ClH/c1-6(2)7-3-4-10-8(5-9)11-7;/h3-4,6H,5,9H2,1-2H3;1H. The summed E-state index contributed by atoms with van der Waals surface area (Å²) in [5, 5.41) is 0. The van der Waals surface area contributed by atoms with Crippen molar-refractivity contribution in [1.29, 1.82) is 0 Å². The van der Waals surface area contributed by atoms with Crippen molar-refractivity contribution in [3.63, 3.8) is 0 Å². The molecular weight excluding hydrogens is 174 g/mol. The largest absolute Gasteiger partial charge is 0.324 e. The van der Waals surface area contributed by atoms with Crippen molar-refractivity contribution in [2.45, 2.75) is 26.3 Å². The van der Waals surface area contributed by atoms with E-state index in [0.29, 0.717) is 12.5 Å². The number of nitrogens with two attached hydrogens (primary N) is 1. The number of aromatic nitrogens is 2. The summed E-state index contributed by atoms with van der Waals surface area (Å²) in [5.74, 6) is 1.17. The van der Waals surface area contributed by atoms with Gasteiger partial charge in [0.2, 0.25) is 0 Å². The van der Waals surface area contributed by atoms with Crippen molar-refractivity contribution in [3.05, 3.63) is 23.8 Å². The third-order valence-corrected chi connectivity index (χ3v) is 1.50. The van der Waals surface area contributed by atoms with Crippen LogP contribution in [-0.2, 0) is 6.54 Å². The zero-order valence-electron chi connectivity index (χ0n) is 7.32. The first-order valence-corrected chi connectivity index (χ1v) is 3.76. The number of hydrogen-bond acceptors (Lipinski definition) is 3. The number of halogens is 1. The highest BCUT2D eigenvalue weighted by molar-refractivity contribution is 5.85. The van der Waals surface area contributed by atoms with Gasteiger partial charge in [0.1, 0.15) is 5.82 Å². The second-order valence-electron chi connectivity index (χ2n) is 2.76. The average Bonchev–Trinajstić information content (AvgIpc) is 2.05. The minimum absolute atomic E-state index is 0. The highest BCUT2D eigenvalue weighted by Crippen LogP contribution is 2.09. The van der Waals surface area contributed by atoms with Crippen LogP contribution in [0.15, 0.2) is 12.3 Å². The van der Waals surface area contributed by atoms with E-state index in [2.05, 4.69) is 23.8 Å². The first-order chi connectivity index (χ1) is 5.24. The van der Waals surface area contributed by atoms with Crippen molar-refractivity contribution in [3.8, 4) is 0 Å². The molecule has 68 valence electrons. The molecule has 4 heteroatoms. The van der Waals surface area contributed by atoms with E-state index in [1.54, 1.807) is 6.20 Å². The predicted molar refractivity (Wildman–Crippen MR) is 51.3 cm³/mol. The monoisotopic (exact) mass is 187 g/mol. The van der Waals surface area contributed by atoms with Gasteiger partial charge in [-0.25, -0.2) is 9.97 Å². The van der Waals surface area contributed by atoms with Gasteiger partial charge in [-0.2, -0.15) is 0 Å². The maximum absolute atomic E-state index is 5.39. The molecular formula is C8H14ClN3. The van der Waals surface area contributed by atoms with Crippen molar-refractivity contribution in [2.75, 3.05) is 0 Å². The maximum atomic E-state index is 5.39. The van der Waals surface area contributed by atoms with E-state index in [9.17, 15) is 0 Å². The molecule has 0 fully saturated rings. The molecule has 0 atom stereocenters. The Hall–Kier alpha value is -0.670. The lowest BCUT2D eigenvalue weighted by atomic mass is 10.1. The fraction of sp³-hybridized carbons (Fsp3) is 0.500. The maximum Gasteiger partial charge on any atom is 0.142 e. The normalized spacial score (nSPS) is 9.67. The Morgan fingerprint density at radius 3 is 2.67 bits per heavy atom. The van der Waals surface area contributed by atoms with Crippen LogP contribution in [0.1, 0.15) is 31.3 Å². The number of rotatable bonds is 2. The summed E-state index contributed by atoms with van der Waals surface area (Å²) < 4.78 is 0. The van der Waals surface area contributed by atoms with Gasteiger partial charge in [-0.05, 0) is 12.0 Å². The van der Waals surface area contributed by atoms with Gasteiger partial charge in [0.05, 0.1) is 6.54 Å². The molecule has 2 N–H and O–H groups in total. The lowest BCUT2D eigenvalue weighted by molar-refractivity contribution is 0.781. The summed E-state index contributed by atoms with van der Waals surface area (Å²) in [5.41, 5.74) is 6.45. The molecule has 0 aliphatic carbocycles. The van der Waals surface area contributed by atoms with Crippen molar-refractivity contribution in [2.24, 2.45) is 5.73 Å². The molecule has 0 aliphatic rings. The average molecular weight is 188 g/mol. The van der Waals surface area contributed by atoms with Gasteiger partial charge in [0.15, 0.2) is 0 Å². The Labute approximate surface area is 78.8 Å². The molecule has 3 nitrogen and oxygen atoms in total. The highest BCUT2D eigenvalue weighted by atomic mass is 35.5. The number of hydrogen-bond donors (Lipinski definition) is 1. The summed E-state index contributed by atoms with van der Waals surface area (Å²) in [6.07, 6.45) is 1.75.